The van der Waals surface area contributed by atoms with E-state index in [1.54, 1.807) is 10.9 Å². The molecule has 0 bridgehead atoms. The Hall–Kier alpha value is -1.89. The number of carbonyl (C=O) groups excluding carboxylic acids is 2. The fourth-order valence-electron chi connectivity index (χ4n) is 4.52. The highest BCUT2D eigenvalue weighted by molar-refractivity contribution is 5.80. The van der Waals surface area contributed by atoms with Gasteiger partial charge in [-0.1, -0.05) is 0 Å². The van der Waals surface area contributed by atoms with Crippen LogP contribution in [0.25, 0.3) is 0 Å². The third kappa shape index (κ3) is 4.74. The summed E-state index contributed by atoms with van der Waals surface area (Å²) in [6, 6.07) is -0.266. The van der Waals surface area contributed by atoms with E-state index >= 15 is 0 Å². The molecule has 2 aliphatic rings. The Bertz CT molecular complexity index is 691. The van der Waals surface area contributed by atoms with Gasteiger partial charge in [-0.05, 0) is 71.1 Å². The minimum Gasteiger partial charge on any atom is -0.342 e. The monoisotopic (exact) mass is 389 g/mol. The number of piperidine rings is 2. The molecule has 0 radical (unpaired) electrons. The van der Waals surface area contributed by atoms with Crippen molar-refractivity contribution < 1.29 is 9.59 Å². The lowest BCUT2D eigenvalue weighted by Gasteiger charge is -2.47. The van der Waals surface area contributed by atoms with Gasteiger partial charge in [0.25, 0.3) is 0 Å². The maximum atomic E-state index is 12.9. The molecule has 0 N–H and O–H groups in total. The summed E-state index contributed by atoms with van der Waals surface area (Å²) >= 11 is 0. The zero-order chi connectivity index (χ0) is 20.3. The molecule has 0 aromatic carbocycles. The summed E-state index contributed by atoms with van der Waals surface area (Å²) in [4.78, 5) is 31.5. The third-order valence-corrected chi connectivity index (χ3v) is 6.40. The van der Waals surface area contributed by atoms with Crippen molar-refractivity contribution >= 4 is 11.8 Å². The quantitative estimate of drug-likeness (QED) is 0.746. The van der Waals surface area contributed by atoms with Crippen LogP contribution in [0.15, 0.2) is 12.4 Å². The van der Waals surface area contributed by atoms with Crippen LogP contribution in [-0.2, 0) is 9.59 Å². The average molecular weight is 390 g/mol. The van der Waals surface area contributed by atoms with Gasteiger partial charge in [0.15, 0.2) is 0 Å². The summed E-state index contributed by atoms with van der Waals surface area (Å²) in [6.07, 6.45) is 8.32. The fourth-order valence-corrected chi connectivity index (χ4v) is 4.52. The van der Waals surface area contributed by atoms with Gasteiger partial charge < -0.3 is 14.7 Å². The van der Waals surface area contributed by atoms with Gasteiger partial charge in [-0.25, -0.2) is 0 Å². The van der Waals surface area contributed by atoms with Gasteiger partial charge >= 0.3 is 0 Å². The second-order valence-electron chi connectivity index (χ2n) is 8.97. The highest BCUT2D eigenvalue weighted by atomic mass is 16.2. The molecular weight excluding hydrogens is 354 g/mol. The molecule has 156 valence electrons. The molecule has 0 aliphatic carbocycles. The molecule has 1 aromatic rings. The van der Waals surface area contributed by atoms with Gasteiger partial charge in [-0.15, -0.1) is 0 Å². The Morgan fingerprint density at radius 3 is 2.61 bits per heavy atom. The summed E-state index contributed by atoms with van der Waals surface area (Å²) in [6.45, 7) is 8.17. The first kappa shape index (κ1) is 20.8. The van der Waals surface area contributed by atoms with Gasteiger partial charge in [-0.3, -0.25) is 14.3 Å². The number of hydrogen-bond donors (Lipinski definition) is 0. The van der Waals surface area contributed by atoms with E-state index in [1.165, 1.54) is 0 Å². The van der Waals surface area contributed by atoms with Crippen molar-refractivity contribution in [1.29, 1.82) is 0 Å². The lowest BCUT2D eigenvalue weighted by molar-refractivity contribution is -0.143. The number of aromatic nitrogens is 2. The maximum Gasteiger partial charge on any atom is 0.247 e. The Labute approximate surface area is 168 Å². The van der Waals surface area contributed by atoms with Crippen LogP contribution in [-0.4, -0.2) is 83.1 Å². The highest BCUT2D eigenvalue weighted by Gasteiger charge is 2.42. The molecule has 7 nitrogen and oxygen atoms in total. The van der Waals surface area contributed by atoms with Crippen molar-refractivity contribution in [3.05, 3.63) is 18.0 Å². The van der Waals surface area contributed by atoms with Crippen LogP contribution >= 0.6 is 0 Å². The minimum absolute atomic E-state index is 0.146. The van der Waals surface area contributed by atoms with E-state index in [1.807, 2.05) is 24.9 Å². The maximum absolute atomic E-state index is 12.9. The predicted octanol–water partition coefficient (Wildman–Crippen LogP) is 1.94. The standard InChI is InChI=1S/C21H35N5O2/c1-17-14-22-26(15-17)18(2)20(28)24-12-8-21(9-13-24)7-6-19(27)25(16-21)11-5-10-23(3)4/h14-15,18H,5-13,16H2,1-4H3/t18-/m0/s1. The number of rotatable bonds is 6. The first-order valence-electron chi connectivity index (χ1n) is 10.5. The highest BCUT2D eigenvalue weighted by Crippen LogP contribution is 2.40. The SMILES string of the molecule is Cc1cnn([C@@H](C)C(=O)N2CCC3(CCC(=O)N(CCCN(C)C)C3)CC2)c1. The van der Waals surface area contributed by atoms with Crippen LogP contribution < -0.4 is 0 Å². The molecular formula is C21H35N5O2. The van der Waals surface area contributed by atoms with E-state index in [2.05, 4.69) is 29.0 Å². The number of hydrogen-bond acceptors (Lipinski definition) is 4. The molecule has 2 amide bonds. The van der Waals surface area contributed by atoms with Gasteiger partial charge in [0.05, 0.1) is 6.20 Å². The smallest absolute Gasteiger partial charge is 0.247 e. The first-order valence-corrected chi connectivity index (χ1v) is 10.5. The Morgan fingerprint density at radius 1 is 1.29 bits per heavy atom. The van der Waals surface area contributed by atoms with E-state index in [-0.39, 0.29) is 17.4 Å². The molecule has 7 heteroatoms. The van der Waals surface area contributed by atoms with Crippen molar-refractivity contribution in [2.75, 3.05) is 46.8 Å². The minimum atomic E-state index is -0.266. The molecule has 2 fully saturated rings. The Kier molecular flexibility index (Phi) is 6.43. The van der Waals surface area contributed by atoms with Gasteiger partial charge in [0.2, 0.25) is 11.8 Å². The molecule has 1 spiro atoms. The van der Waals surface area contributed by atoms with Crippen molar-refractivity contribution in [1.82, 2.24) is 24.5 Å². The van der Waals surface area contributed by atoms with E-state index < -0.39 is 0 Å². The summed E-state index contributed by atoms with van der Waals surface area (Å²) in [5.41, 5.74) is 1.26. The van der Waals surface area contributed by atoms with Crippen molar-refractivity contribution in [3.8, 4) is 0 Å². The Balaban J connectivity index is 1.54. The number of amides is 2. The van der Waals surface area contributed by atoms with Gasteiger partial charge in [0.1, 0.15) is 6.04 Å². The molecule has 0 unspecified atom stereocenters. The molecule has 3 rings (SSSR count). The van der Waals surface area contributed by atoms with Crippen LogP contribution in [0.5, 0.6) is 0 Å². The lowest BCUT2D eigenvalue weighted by Crippen LogP contribution is -2.53. The summed E-state index contributed by atoms with van der Waals surface area (Å²) in [7, 11) is 4.13. The van der Waals surface area contributed by atoms with Crippen molar-refractivity contribution in [2.45, 2.75) is 52.0 Å². The van der Waals surface area contributed by atoms with E-state index in [0.717, 1.165) is 64.0 Å². The normalized spacial score (nSPS) is 20.8. The van der Waals surface area contributed by atoms with E-state index in [9.17, 15) is 9.59 Å². The molecule has 1 aromatic heterocycles. The van der Waals surface area contributed by atoms with Gasteiger partial charge in [0, 0.05) is 38.8 Å². The zero-order valence-corrected chi connectivity index (χ0v) is 17.9. The van der Waals surface area contributed by atoms with Crippen LogP contribution in [0.3, 0.4) is 0 Å². The largest absolute Gasteiger partial charge is 0.342 e. The van der Waals surface area contributed by atoms with Crippen LogP contribution in [0.4, 0.5) is 0 Å². The van der Waals surface area contributed by atoms with Crippen molar-refractivity contribution in [2.24, 2.45) is 5.41 Å². The summed E-state index contributed by atoms with van der Waals surface area (Å²) in [5.74, 6) is 0.443. The number of carbonyl (C=O) groups is 2. The average Bonchev–Trinajstić information content (AvgIpc) is 3.10. The van der Waals surface area contributed by atoms with Gasteiger partial charge in [-0.2, -0.15) is 5.10 Å². The Morgan fingerprint density at radius 2 is 2.00 bits per heavy atom. The molecule has 2 saturated heterocycles. The molecule has 1 atom stereocenters. The van der Waals surface area contributed by atoms with Crippen LogP contribution in [0.2, 0.25) is 0 Å². The molecule has 2 aliphatic heterocycles. The molecule has 3 heterocycles. The third-order valence-electron chi connectivity index (χ3n) is 6.40. The van der Waals surface area contributed by atoms with Crippen LogP contribution in [0.1, 0.15) is 50.6 Å². The molecule has 28 heavy (non-hydrogen) atoms. The number of likely N-dealkylation sites (tertiary alicyclic amines) is 2. The first-order chi connectivity index (χ1) is 13.3. The predicted molar refractivity (Wildman–Crippen MR) is 109 cm³/mol. The van der Waals surface area contributed by atoms with E-state index in [4.69, 9.17) is 0 Å². The second kappa shape index (κ2) is 8.64. The van der Waals surface area contributed by atoms with E-state index in [0.29, 0.717) is 12.3 Å². The number of nitrogens with zero attached hydrogens (tertiary/aromatic N) is 5. The summed E-state index contributed by atoms with van der Waals surface area (Å²) < 4.78 is 1.76. The zero-order valence-electron chi connectivity index (χ0n) is 17.9. The molecule has 0 saturated carbocycles. The van der Waals surface area contributed by atoms with Crippen molar-refractivity contribution in [3.63, 3.8) is 0 Å². The summed E-state index contributed by atoms with van der Waals surface area (Å²) in [5, 5.41) is 4.30. The second-order valence-corrected chi connectivity index (χ2v) is 8.97. The lowest BCUT2D eigenvalue weighted by atomic mass is 9.72. The fraction of sp³-hybridized carbons (Fsp3) is 0.762. The topological polar surface area (TPSA) is 61.7 Å². The van der Waals surface area contributed by atoms with Crippen LogP contribution in [0, 0.1) is 12.3 Å². The number of aryl methyl sites for hydroxylation is 1.